The standard InChI is InChI=1S/C34H34Cl2N4O6S/c1-44-23-8-10-24(11-9-23)47(42,43)40-30-20-28(36)27(35)19-25(30)34(33(40)41,39-16-5-6-29(39)32-37-13-17-46-32)26-18-22(7-12-31(26)45-2)21-38-14-3-4-15-38/h7-13,17-20,29H,3-6,14-16,21H2,1-2H3/t29-,34?/m0/s1. The lowest BCUT2D eigenvalue weighted by molar-refractivity contribution is -0.127. The van der Waals surface area contributed by atoms with Crippen LogP contribution in [0.25, 0.3) is 0 Å². The first-order chi connectivity index (χ1) is 22.7. The van der Waals surface area contributed by atoms with Crippen molar-refractivity contribution in [3.8, 4) is 11.5 Å². The van der Waals surface area contributed by atoms with E-state index in [1.165, 1.54) is 31.6 Å². The number of anilines is 1. The molecule has 10 nitrogen and oxygen atoms in total. The Morgan fingerprint density at radius 3 is 2.36 bits per heavy atom. The van der Waals surface area contributed by atoms with E-state index in [2.05, 4.69) is 9.88 Å². The molecule has 7 rings (SSSR count). The zero-order valence-electron chi connectivity index (χ0n) is 26.0. The molecule has 0 saturated carbocycles. The SMILES string of the molecule is COc1ccc(S(=O)(=O)N2C(=O)C(c3cc(CN4CCCC4)ccc3OC)(N3CCC[C@H]3c3ncco3)c3cc(Cl)c(Cl)cc32)cc1. The maximum atomic E-state index is 15.6. The highest BCUT2D eigenvalue weighted by Gasteiger charge is 2.63. The number of aromatic nitrogens is 1. The van der Waals surface area contributed by atoms with E-state index in [9.17, 15) is 8.42 Å². The minimum Gasteiger partial charge on any atom is -0.497 e. The average molecular weight is 698 g/mol. The molecule has 3 aliphatic heterocycles. The second-order valence-electron chi connectivity index (χ2n) is 12.0. The molecule has 246 valence electrons. The molecule has 0 aliphatic carbocycles. The van der Waals surface area contributed by atoms with Crippen LogP contribution in [0.5, 0.6) is 11.5 Å². The van der Waals surface area contributed by atoms with Crippen molar-refractivity contribution in [1.29, 1.82) is 0 Å². The minimum absolute atomic E-state index is 0.0834. The molecule has 4 aromatic rings. The summed E-state index contributed by atoms with van der Waals surface area (Å²) in [5, 5.41) is 0.301. The third-order valence-corrected chi connectivity index (χ3v) is 11.9. The van der Waals surface area contributed by atoms with Gasteiger partial charge in [-0.2, -0.15) is 0 Å². The van der Waals surface area contributed by atoms with E-state index in [0.29, 0.717) is 54.4 Å². The monoisotopic (exact) mass is 696 g/mol. The van der Waals surface area contributed by atoms with Gasteiger partial charge < -0.3 is 13.9 Å². The molecular weight excluding hydrogens is 663 g/mol. The van der Waals surface area contributed by atoms with E-state index in [0.717, 1.165) is 35.8 Å². The van der Waals surface area contributed by atoms with Crippen LogP contribution in [-0.4, -0.2) is 63.0 Å². The zero-order valence-corrected chi connectivity index (χ0v) is 28.3. The van der Waals surface area contributed by atoms with Crippen LogP contribution in [0.4, 0.5) is 5.69 Å². The van der Waals surface area contributed by atoms with E-state index in [4.69, 9.17) is 37.1 Å². The Morgan fingerprint density at radius 2 is 1.68 bits per heavy atom. The number of halogens is 2. The maximum absolute atomic E-state index is 15.6. The lowest BCUT2D eigenvalue weighted by Crippen LogP contribution is -2.54. The molecule has 0 bridgehead atoms. The van der Waals surface area contributed by atoms with Crippen LogP contribution in [0.2, 0.25) is 10.0 Å². The molecule has 0 spiro atoms. The summed E-state index contributed by atoms with van der Waals surface area (Å²) in [6, 6.07) is 14.3. The molecule has 2 saturated heterocycles. The van der Waals surface area contributed by atoms with Crippen molar-refractivity contribution >= 4 is 44.8 Å². The van der Waals surface area contributed by atoms with Gasteiger partial charge in [-0.05, 0) is 92.9 Å². The summed E-state index contributed by atoms with van der Waals surface area (Å²) in [5.41, 5.74) is 0.270. The second kappa shape index (κ2) is 12.4. The zero-order chi connectivity index (χ0) is 32.9. The normalized spacial score (nSPS) is 21.8. The molecule has 1 amide bonds. The van der Waals surface area contributed by atoms with Crippen LogP contribution >= 0.6 is 23.2 Å². The van der Waals surface area contributed by atoms with Gasteiger partial charge in [0, 0.05) is 24.2 Å². The highest BCUT2D eigenvalue weighted by molar-refractivity contribution is 7.93. The van der Waals surface area contributed by atoms with E-state index in [-0.39, 0.29) is 20.6 Å². The Bertz CT molecular complexity index is 1920. The number of nitrogens with zero attached hydrogens (tertiary/aromatic N) is 4. The molecule has 3 aromatic carbocycles. The summed E-state index contributed by atoms with van der Waals surface area (Å²) in [4.78, 5) is 24.3. The van der Waals surface area contributed by atoms with Crippen LogP contribution in [-0.2, 0) is 26.9 Å². The number of hydrogen-bond acceptors (Lipinski definition) is 9. The number of carbonyl (C=O) groups is 1. The predicted molar refractivity (Wildman–Crippen MR) is 178 cm³/mol. The quantitative estimate of drug-likeness (QED) is 0.196. The van der Waals surface area contributed by atoms with Crippen molar-refractivity contribution in [2.24, 2.45) is 0 Å². The second-order valence-corrected chi connectivity index (χ2v) is 14.6. The number of likely N-dealkylation sites (tertiary alicyclic amines) is 2. The summed E-state index contributed by atoms with van der Waals surface area (Å²) in [5.74, 6) is 0.644. The Hall–Kier alpha value is -3.61. The molecular formula is C34H34Cl2N4O6S. The first-order valence-electron chi connectivity index (χ1n) is 15.5. The molecule has 2 atom stereocenters. The summed E-state index contributed by atoms with van der Waals surface area (Å²) < 4.78 is 47.1. The van der Waals surface area contributed by atoms with Gasteiger partial charge >= 0.3 is 0 Å². The molecule has 1 aromatic heterocycles. The third-order valence-electron chi connectivity index (χ3n) is 9.42. The molecule has 3 aliphatic rings. The first-order valence-corrected chi connectivity index (χ1v) is 17.7. The average Bonchev–Trinajstić information content (AvgIpc) is 3.89. The van der Waals surface area contributed by atoms with Crippen molar-refractivity contribution in [2.45, 2.75) is 48.7 Å². The Labute approximate surface area is 283 Å². The summed E-state index contributed by atoms with van der Waals surface area (Å²) in [6.07, 6.45) is 6.66. The van der Waals surface area contributed by atoms with Crippen LogP contribution in [0.15, 0.2) is 76.4 Å². The van der Waals surface area contributed by atoms with Gasteiger partial charge in [0.1, 0.15) is 17.8 Å². The van der Waals surface area contributed by atoms with E-state index >= 15 is 4.79 Å². The fourth-order valence-electron chi connectivity index (χ4n) is 7.31. The highest BCUT2D eigenvalue weighted by atomic mass is 35.5. The molecule has 13 heteroatoms. The van der Waals surface area contributed by atoms with E-state index < -0.39 is 27.5 Å². The summed E-state index contributed by atoms with van der Waals surface area (Å²) in [7, 11) is -1.43. The maximum Gasteiger partial charge on any atom is 0.271 e. The highest BCUT2D eigenvalue weighted by Crippen LogP contribution is 2.57. The Kier molecular flexibility index (Phi) is 8.46. The van der Waals surface area contributed by atoms with Crippen LogP contribution < -0.4 is 13.8 Å². The summed E-state index contributed by atoms with van der Waals surface area (Å²) >= 11 is 13.3. The van der Waals surface area contributed by atoms with Gasteiger partial charge in [0.15, 0.2) is 5.54 Å². The number of ether oxygens (including phenoxy) is 2. The smallest absolute Gasteiger partial charge is 0.271 e. The number of sulfonamides is 1. The number of amides is 1. The van der Waals surface area contributed by atoms with Crippen LogP contribution in [0, 0.1) is 0 Å². The number of methoxy groups -OCH3 is 2. The molecule has 47 heavy (non-hydrogen) atoms. The number of hydrogen-bond donors (Lipinski definition) is 0. The number of benzene rings is 3. The van der Waals surface area contributed by atoms with Crippen molar-refractivity contribution in [1.82, 2.24) is 14.8 Å². The largest absolute Gasteiger partial charge is 0.497 e. The first kappa shape index (κ1) is 32.0. The molecule has 1 unspecified atom stereocenters. The molecule has 4 heterocycles. The van der Waals surface area contributed by atoms with Gasteiger partial charge in [-0.1, -0.05) is 29.3 Å². The number of oxazole rings is 1. The Morgan fingerprint density at radius 1 is 0.936 bits per heavy atom. The molecule has 0 radical (unpaired) electrons. The van der Waals surface area contributed by atoms with Crippen molar-refractivity contribution in [3.05, 3.63) is 99.7 Å². The van der Waals surface area contributed by atoms with Gasteiger partial charge in [-0.15, -0.1) is 0 Å². The lowest BCUT2D eigenvalue weighted by Gasteiger charge is -2.41. The number of fused-ring (bicyclic) bond motifs is 1. The fraction of sp³-hybridized carbons (Fsp3) is 0.353. The lowest BCUT2D eigenvalue weighted by atomic mass is 9.80. The van der Waals surface area contributed by atoms with Gasteiger partial charge in [0.25, 0.3) is 15.9 Å². The van der Waals surface area contributed by atoms with Gasteiger partial charge in [0.05, 0.1) is 47.1 Å². The third kappa shape index (κ3) is 5.19. The van der Waals surface area contributed by atoms with E-state index in [1.54, 1.807) is 31.5 Å². The van der Waals surface area contributed by atoms with Gasteiger partial charge in [0.2, 0.25) is 5.89 Å². The minimum atomic E-state index is -4.47. The summed E-state index contributed by atoms with van der Waals surface area (Å²) in [6.45, 7) is 3.07. The van der Waals surface area contributed by atoms with Gasteiger partial charge in [-0.3, -0.25) is 14.6 Å². The van der Waals surface area contributed by atoms with Crippen molar-refractivity contribution in [3.63, 3.8) is 0 Å². The number of carbonyl (C=O) groups excluding carboxylic acids is 1. The topological polar surface area (TPSA) is 105 Å². The van der Waals surface area contributed by atoms with Crippen LogP contribution in [0.1, 0.15) is 54.3 Å². The van der Waals surface area contributed by atoms with Crippen LogP contribution in [0.3, 0.4) is 0 Å². The Balaban J connectivity index is 1.51. The predicted octanol–water partition coefficient (Wildman–Crippen LogP) is 6.41. The molecule has 2 fully saturated rings. The van der Waals surface area contributed by atoms with E-state index in [1.807, 2.05) is 23.1 Å². The van der Waals surface area contributed by atoms with Gasteiger partial charge in [-0.25, -0.2) is 17.7 Å². The van der Waals surface area contributed by atoms with Crippen molar-refractivity contribution < 1.29 is 27.1 Å². The molecule has 0 N–H and O–H groups in total. The van der Waals surface area contributed by atoms with Crippen molar-refractivity contribution in [2.75, 3.05) is 38.2 Å². The fourth-order valence-corrected chi connectivity index (χ4v) is 9.08. The number of rotatable bonds is 9.